The Hall–Kier alpha value is -2.22. The fraction of sp³-hybridized carbons (Fsp3) is 0.750. The number of hydrogen-bond donors (Lipinski definition) is 0. The van der Waals surface area contributed by atoms with E-state index < -0.39 is 10.8 Å². The number of ether oxygens (including phenoxy) is 1. The van der Waals surface area contributed by atoms with Crippen LogP contribution in [-0.4, -0.2) is 24.6 Å². The van der Waals surface area contributed by atoms with E-state index in [1.807, 2.05) is 26.0 Å². The lowest BCUT2D eigenvalue weighted by Crippen LogP contribution is -2.64. The molecule has 0 saturated heterocycles. The number of methoxy groups -OCH3 is 1. The van der Waals surface area contributed by atoms with Gasteiger partial charge in [0.1, 0.15) is 6.07 Å². The van der Waals surface area contributed by atoms with E-state index in [1.54, 1.807) is 0 Å². The zero-order valence-corrected chi connectivity index (χ0v) is 23.9. The van der Waals surface area contributed by atoms with Gasteiger partial charge in [0.15, 0.2) is 11.6 Å². The number of fused-ring (bicyclic) bond motifs is 7. The summed E-state index contributed by atoms with van der Waals surface area (Å²) < 4.78 is 5.25. The third kappa shape index (κ3) is 3.29. The van der Waals surface area contributed by atoms with Crippen LogP contribution in [0.3, 0.4) is 0 Å². The number of Topliss-reactive ketones (excluding diaryl/α,β-unsaturated/α-hetero) is 1. The van der Waals surface area contributed by atoms with E-state index in [0.29, 0.717) is 0 Å². The maximum atomic E-state index is 14.3. The van der Waals surface area contributed by atoms with Gasteiger partial charge in [-0.15, -0.1) is 0 Å². The van der Waals surface area contributed by atoms with Crippen LogP contribution in [0.4, 0.5) is 0 Å². The van der Waals surface area contributed by atoms with Crippen LogP contribution in [0.25, 0.3) is 0 Å². The van der Waals surface area contributed by atoms with Gasteiger partial charge in [-0.05, 0) is 78.6 Å². The van der Waals surface area contributed by atoms with Crippen molar-refractivity contribution in [1.29, 1.82) is 5.26 Å². The summed E-state index contributed by atoms with van der Waals surface area (Å²) in [6.45, 7) is 15.2. The first-order valence-electron chi connectivity index (χ1n) is 14.1. The van der Waals surface area contributed by atoms with Crippen molar-refractivity contribution in [3.8, 4) is 6.07 Å². The number of esters is 1. The molecule has 5 heteroatoms. The van der Waals surface area contributed by atoms with Gasteiger partial charge in [0.25, 0.3) is 0 Å². The smallest absolute Gasteiger partial charge is 0.308 e. The third-order valence-electron chi connectivity index (χ3n) is 12.2. The highest BCUT2D eigenvalue weighted by molar-refractivity contribution is 6.04. The second-order valence-electron chi connectivity index (χ2n) is 14.9. The topological polar surface area (TPSA) is 84.2 Å². The molecule has 0 N–H and O–H groups in total. The Morgan fingerprint density at radius 2 is 1.68 bits per heavy atom. The fourth-order valence-corrected chi connectivity index (χ4v) is 10.4. The normalized spacial score (nSPS) is 45.6. The number of carbonyl (C=O) groups excluding carboxylic acids is 3. The van der Waals surface area contributed by atoms with Crippen molar-refractivity contribution in [2.24, 2.45) is 56.7 Å². The van der Waals surface area contributed by atoms with E-state index in [0.717, 1.165) is 44.1 Å². The van der Waals surface area contributed by atoms with Gasteiger partial charge in [-0.1, -0.05) is 60.1 Å². The molecular weight excluding hydrogens is 462 g/mol. The Bertz CT molecular complexity index is 1180. The minimum atomic E-state index is -0.656. The van der Waals surface area contributed by atoms with E-state index in [-0.39, 0.29) is 68.9 Å². The average molecular weight is 506 g/mol. The van der Waals surface area contributed by atoms with Gasteiger partial charge in [-0.2, -0.15) is 5.26 Å². The third-order valence-corrected chi connectivity index (χ3v) is 12.2. The highest BCUT2D eigenvalue weighted by atomic mass is 16.5. The van der Waals surface area contributed by atoms with Crippen LogP contribution < -0.4 is 0 Å². The summed E-state index contributed by atoms with van der Waals surface area (Å²) in [5, 5.41) is 9.85. The van der Waals surface area contributed by atoms with E-state index >= 15 is 0 Å². The first-order valence-corrected chi connectivity index (χ1v) is 14.1. The van der Waals surface area contributed by atoms with E-state index in [4.69, 9.17) is 4.74 Å². The molecule has 0 amide bonds. The quantitative estimate of drug-likeness (QED) is 0.394. The first kappa shape index (κ1) is 26.4. The van der Waals surface area contributed by atoms with Gasteiger partial charge < -0.3 is 4.74 Å². The summed E-state index contributed by atoms with van der Waals surface area (Å²) in [6.07, 6.45) is 9.20. The molecule has 37 heavy (non-hydrogen) atoms. The molecule has 0 bridgehead atoms. The largest absolute Gasteiger partial charge is 0.469 e. The molecule has 5 aliphatic rings. The van der Waals surface area contributed by atoms with Crippen molar-refractivity contribution < 1.29 is 19.1 Å². The summed E-state index contributed by atoms with van der Waals surface area (Å²) in [4.78, 5) is 40.4. The molecule has 5 nitrogen and oxygen atoms in total. The molecule has 0 radical (unpaired) electrons. The zero-order valence-electron chi connectivity index (χ0n) is 23.9. The molecule has 0 aromatic carbocycles. The summed E-state index contributed by atoms with van der Waals surface area (Å²) >= 11 is 0. The van der Waals surface area contributed by atoms with Gasteiger partial charge in [-0.3, -0.25) is 14.4 Å². The summed E-state index contributed by atoms with van der Waals surface area (Å²) in [5.41, 5.74) is -0.335. The van der Waals surface area contributed by atoms with Crippen LogP contribution in [0.15, 0.2) is 23.3 Å². The standard InChI is InChI=1S/C32H43NO4/c1-28(2)15-20-19(21(16-28)27(36)37-8)9-11-32(7)25(20)22(34)13-24-30(5)14-18(17-33)26(35)29(3,4)23(30)10-12-31(24,32)6/h13-14,19-21,23,25H,9-12,15-16H2,1-8H3/t19?,20?,21-,23+,25?,30+,31-,32-/m1/s1. The second-order valence-corrected chi connectivity index (χ2v) is 14.9. The SMILES string of the molecule is COC(=O)[C@@H]1CC(C)(C)CC2C1CC[C@]1(C)C2C(=O)C=C2[C@@]3(C)C=C(C#N)C(=O)C(C)(C)[C@@H]3CC[C@]21C. The molecule has 0 aromatic heterocycles. The number of rotatable bonds is 1. The number of hydrogen-bond acceptors (Lipinski definition) is 5. The Balaban J connectivity index is 1.66. The average Bonchev–Trinajstić information content (AvgIpc) is 2.81. The van der Waals surface area contributed by atoms with Crippen molar-refractivity contribution in [2.75, 3.05) is 7.11 Å². The molecule has 0 aromatic rings. The number of nitriles is 1. The number of ketones is 2. The fourth-order valence-electron chi connectivity index (χ4n) is 10.4. The number of nitrogens with zero attached hydrogens (tertiary/aromatic N) is 1. The molecular formula is C32H43NO4. The summed E-state index contributed by atoms with van der Waals surface area (Å²) in [7, 11) is 1.48. The Labute approximate surface area is 222 Å². The van der Waals surface area contributed by atoms with Gasteiger partial charge in [-0.25, -0.2) is 0 Å². The van der Waals surface area contributed by atoms with E-state index in [1.165, 1.54) is 7.11 Å². The van der Waals surface area contributed by atoms with Gasteiger partial charge in [0, 0.05) is 16.7 Å². The van der Waals surface area contributed by atoms with Gasteiger partial charge in [0.2, 0.25) is 0 Å². The van der Waals surface area contributed by atoms with Crippen molar-refractivity contribution >= 4 is 17.5 Å². The van der Waals surface area contributed by atoms with Crippen LogP contribution >= 0.6 is 0 Å². The van der Waals surface area contributed by atoms with Crippen LogP contribution in [0.1, 0.15) is 87.0 Å². The summed E-state index contributed by atoms with van der Waals surface area (Å²) in [5.74, 6) is 0.0385. The maximum Gasteiger partial charge on any atom is 0.308 e. The van der Waals surface area contributed by atoms with Gasteiger partial charge >= 0.3 is 5.97 Å². The lowest BCUT2D eigenvalue weighted by atomic mass is 9.35. The molecule has 0 aliphatic heterocycles. The van der Waals surface area contributed by atoms with Crippen molar-refractivity contribution in [3.05, 3.63) is 23.3 Å². The van der Waals surface area contributed by atoms with Crippen LogP contribution in [-0.2, 0) is 19.1 Å². The minimum absolute atomic E-state index is 0.0364. The van der Waals surface area contributed by atoms with E-state index in [2.05, 4.69) is 40.7 Å². The maximum absolute atomic E-state index is 14.3. The molecule has 5 rings (SSSR count). The number of carbonyl (C=O) groups is 3. The minimum Gasteiger partial charge on any atom is -0.469 e. The van der Waals surface area contributed by atoms with Gasteiger partial charge in [0.05, 0.1) is 18.6 Å². The Morgan fingerprint density at radius 3 is 2.30 bits per heavy atom. The number of allylic oxidation sites excluding steroid dienone is 4. The van der Waals surface area contributed by atoms with Crippen LogP contribution in [0, 0.1) is 68.0 Å². The van der Waals surface area contributed by atoms with Crippen LogP contribution in [0.2, 0.25) is 0 Å². The lowest BCUT2D eigenvalue weighted by molar-refractivity contribution is -0.172. The zero-order chi connectivity index (χ0) is 27.3. The monoisotopic (exact) mass is 505 g/mol. The molecule has 8 atom stereocenters. The molecule has 3 fully saturated rings. The van der Waals surface area contributed by atoms with Crippen molar-refractivity contribution in [1.82, 2.24) is 0 Å². The van der Waals surface area contributed by atoms with Crippen molar-refractivity contribution in [3.63, 3.8) is 0 Å². The van der Waals surface area contributed by atoms with E-state index in [9.17, 15) is 19.6 Å². The molecule has 200 valence electrons. The Morgan fingerprint density at radius 1 is 1.00 bits per heavy atom. The molecule has 0 heterocycles. The first-order chi connectivity index (χ1) is 17.1. The molecule has 0 spiro atoms. The highest BCUT2D eigenvalue weighted by Crippen LogP contribution is 2.73. The second kappa shape index (κ2) is 7.90. The lowest BCUT2D eigenvalue weighted by Gasteiger charge is -2.68. The predicted octanol–water partition coefficient (Wildman–Crippen LogP) is 6.23. The highest BCUT2D eigenvalue weighted by Gasteiger charge is 2.68. The predicted molar refractivity (Wildman–Crippen MR) is 141 cm³/mol. The molecule has 5 aliphatic carbocycles. The Kier molecular flexibility index (Phi) is 5.64. The van der Waals surface area contributed by atoms with Crippen molar-refractivity contribution in [2.45, 2.75) is 87.0 Å². The van der Waals surface area contributed by atoms with Crippen LogP contribution in [0.5, 0.6) is 0 Å². The summed E-state index contributed by atoms with van der Waals surface area (Å²) in [6, 6.07) is 2.18. The molecule has 3 saturated carbocycles. The molecule has 3 unspecified atom stereocenters.